The maximum Gasteiger partial charge on any atom is 0.240 e. The quantitative estimate of drug-likeness (QED) is 0.933. The molecule has 0 aliphatic carbocycles. The normalized spacial score (nSPS) is 24.2. The van der Waals surface area contributed by atoms with Crippen LogP contribution in [0.4, 0.5) is 0 Å². The molecule has 0 spiro atoms. The standard InChI is InChI=1S/C19H25N3O2/c1-14-10-22(18-7-3-2-6-17(14)18)12-19(23)20-9-16-11-21-8-4-5-15(21)13-24-16/h2-3,6-7,10,15-16H,4-5,8-9,11-13H2,1H3,(H,20,23)/t15-,16+/m1/s1. The predicted molar refractivity (Wildman–Crippen MR) is 94.0 cm³/mol. The van der Waals surface area contributed by atoms with Gasteiger partial charge in [-0.2, -0.15) is 0 Å². The molecule has 1 aromatic carbocycles. The largest absolute Gasteiger partial charge is 0.373 e. The lowest BCUT2D eigenvalue weighted by Crippen LogP contribution is -2.50. The number of morpholine rings is 1. The van der Waals surface area contributed by atoms with Gasteiger partial charge in [0.05, 0.1) is 12.7 Å². The number of para-hydroxylation sites is 1. The number of hydrogen-bond donors (Lipinski definition) is 1. The third-order valence-electron chi connectivity index (χ3n) is 5.29. The number of hydrogen-bond acceptors (Lipinski definition) is 3. The Morgan fingerprint density at radius 1 is 1.38 bits per heavy atom. The number of benzene rings is 1. The van der Waals surface area contributed by atoms with Gasteiger partial charge in [-0.3, -0.25) is 9.69 Å². The molecule has 5 nitrogen and oxygen atoms in total. The molecule has 128 valence electrons. The first-order valence-corrected chi connectivity index (χ1v) is 8.87. The van der Waals surface area contributed by atoms with Gasteiger partial charge in [0.25, 0.3) is 0 Å². The lowest BCUT2D eigenvalue weighted by Gasteiger charge is -2.35. The second-order valence-corrected chi connectivity index (χ2v) is 7.01. The molecule has 1 amide bonds. The highest BCUT2D eigenvalue weighted by atomic mass is 16.5. The van der Waals surface area contributed by atoms with Crippen molar-refractivity contribution >= 4 is 16.8 Å². The van der Waals surface area contributed by atoms with Gasteiger partial charge in [-0.1, -0.05) is 18.2 Å². The summed E-state index contributed by atoms with van der Waals surface area (Å²) in [6, 6.07) is 8.81. The number of carbonyl (C=O) groups excluding carboxylic acids is 1. The van der Waals surface area contributed by atoms with Crippen molar-refractivity contribution in [1.82, 2.24) is 14.8 Å². The Hall–Kier alpha value is -1.85. The molecule has 0 unspecified atom stereocenters. The van der Waals surface area contributed by atoms with E-state index in [4.69, 9.17) is 4.74 Å². The van der Waals surface area contributed by atoms with E-state index >= 15 is 0 Å². The molecule has 3 heterocycles. The molecule has 0 radical (unpaired) electrons. The van der Waals surface area contributed by atoms with Crippen molar-refractivity contribution in [2.75, 3.05) is 26.2 Å². The fourth-order valence-corrected chi connectivity index (χ4v) is 4.01. The maximum atomic E-state index is 12.3. The maximum absolute atomic E-state index is 12.3. The molecule has 2 aromatic rings. The molecule has 0 saturated carbocycles. The number of fused-ring (bicyclic) bond motifs is 2. The molecule has 2 aliphatic rings. The van der Waals surface area contributed by atoms with Crippen LogP contribution in [0.2, 0.25) is 0 Å². The van der Waals surface area contributed by atoms with E-state index in [1.807, 2.05) is 16.7 Å². The summed E-state index contributed by atoms with van der Waals surface area (Å²) >= 11 is 0. The molecule has 0 bridgehead atoms. The summed E-state index contributed by atoms with van der Waals surface area (Å²) in [5, 5.41) is 4.25. The average Bonchev–Trinajstić information content (AvgIpc) is 3.18. The van der Waals surface area contributed by atoms with E-state index in [1.54, 1.807) is 0 Å². The smallest absolute Gasteiger partial charge is 0.240 e. The number of rotatable bonds is 4. The number of aromatic nitrogens is 1. The minimum atomic E-state index is 0.0444. The van der Waals surface area contributed by atoms with Crippen molar-refractivity contribution in [3.63, 3.8) is 0 Å². The van der Waals surface area contributed by atoms with Gasteiger partial charge in [-0.05, 0) is 37.9 Å². The second kappa shape index (κ2) is 6.57. The van der Waals surface area contributed by atoms with Crippen molar-refractivity contribution in [2.45, 2.75) is 38.5 Å². The van der Waals surface area contributed by atoms with E-state index < -0.39 is 0 Å². The highest BCUT2D eigenvalue weighted by Gasteiger charge is 2.32. The Morgan fingerprint density at radius 2 is 2.25 bits per heavy atom. The van der Waals surface area contributed by atoms with E-state index in [0.29, 0.717) is 19.1 Å². The third kappa shape index (κ3) is 3.06. The van der Waals surface area contributed by atoms with Gasteiger partial charge in [0.2, 0.25) is 5.91 Å². The second-order valence-electron chi connectivity index (χ2n) is 7.01. The summed E-state index contributed by atoms with van der Waals surface area (Å²) in [6.45, 7) is 5.96. The Balaban J connectivity index is 1.33. The molecule has 2 fully saturated rings. The number of nitrogens with zero attached hydrogens (tertiary/aromatic N) is 2. The average molecular weight is 327 g/mol. The van der Waals surface area contributed by atoms with Crippen LogP contribution in [-0.4, -0.2) is 53.8 Å². The molecule has 2 aliphatic heterocycles. The first-order chi connectivity index (χ1) is 11.7. The summed E-state index contributed by atoms with van der Waals surface area (Å²) in [5.74, 6) is 0.0444. The summed E-state index contributed by atoms with van der Waals surface area (Å²) in [5.41, 5.74) is 2.31. The van der Waals surface area contributed by atoms with Crippen molar-refractivity contribution in [3.8, 4) is 0 Å². The Kier molecular flexibility index (Phi) is 4.29. The fourth-order valence-electron chi connectivity index (χ4n) is 4.01. The monoisotopic (exact) mass is 327 g/mol. The first kappa shape index (κ1) is 15.7. The van der Waals surface area contributed by atoms with Crippen molar-refractivity contribution < 1.29 is 9.53 Å². The van der Waals surface area contributed by atoms with Crippen LogP contribution in [-0.2, 0) is 16.1 Å². The van der Waals surface area contributed by atoms with E-state index in [0.717, 1.165) is 18.7 Å². The van der Waals surface area contributed by atoms with E-state index in [-0.39, 0.29) is 12.0 Å². The summed E-state index contributed by atoms with van der Waals surface area (Å²) in [7, 11) is 0. The van der Waals surface area contributed by atoms with Crippen molar-refractivity contribution in [1.29, 1.82) is 0 Å². The number of carbonyl (C=O) groups is 1. The van der Waals surface area contributed by atoms with Gasteiger partial charge < -0.3 is 14.6 Å². The van der Waals surface area contributed by atoms with Gasteiger partial charge in [-0.25, -0.2) is 0 Å². The summed E-state index contributed by atoms with van der Waals surface area (Å²) < 4.78 is 7.93. The van der Waals surface area contributed by atoms with Gasteiger partial charge >= 0.3 is 0 Å². The Bertz CT molecular complexity index is 739. The number of amides is 1. The molecule has 5 heteroatoms. The minimum Gasteiger partial charge on any atom is -0.373 e. The van der Waals surface area contributed by atoms with Crippen LogP contribution in [0.3, 0.4) is 0 Å². The van der Waals surface area contributed by atoms with Crippen LogP contribution in [0, 0.1) is 6.92 Å². The summed E-state index contributed by atoms with van der Waals surface area (Å²) in [6.07, 6.45) is 4.69. The van der Waals surface area contributed by atoms with Crippen molar-refractivity contribution in [2.24, 2.45) is 0 Å². The number of aryl methyl sites for hydroxylation is 1. The Labute approximate surface area is 142 Å². The highest BCUT2D eigenvalue weighted by Crippen LogP contribution is 2.22. The fraction of sp³-hybridized carbons (Fsp3) is 0.526. The zero-order chi connectivity index (χ0) is 16.5. The molecule has 1 aromatic heterocycles. The highest BCUT2D eigenvalue weighted by molar-refractivity contribution is 5.85. The molecule has 4 rings (SSSR count). The molecule has 2 saturated heterocycles. The zero-order valence-corrected chi connectivity index (χ0v) is 14.2. The zero-order valence-electron chi connectivity index (χ0n) is 14.2. The minimum absolute atomic E-state index is 0.0444. The van der Waals surface area contributed by atoms with Crippen molar-refractivity contribution in [3.05, 3.63) is 36.0 Å². The van der Waals surface area contributed by atoms with Crippen LogP contribution in [0.25, 0.3) is 10.9 Å². The predicted octanol–water partition coefficient (Wildman–Crippen LogP) is 1.93. The lowest BCUT2D eigenvalue weighted by molar-refractivity contribution is -0.123. The number of ether oxygens (including phenoxy) is 1. The Morgan fingerprint density at radius 3 is 3.17 bits per heavy atom. The molecular formula is C19H25N3O2. The third-order valence-corrected chi connectivity index (χ3v) is 5.29. The van der Waals surface area contributed by atoms with Crippen LogP contribution < -0.4 is 5.32 Å². The van der Waals surface area contributed by atoms with Crippen LogP contribution in [0.1, 0.15) is 18.4 Å². The van der Waals surface area contributed by atoms with Gasteiger partial charge in [0.15, 0.2) is 0 Å². The van der Waals surface area contributed by atoms with Crippen LogP contribution in [0.15, 0.2) is 30.5 Å². The topological polar surface area (TPSA) is 46.5 Å². The molecule has 2 atom stereocenters. The molecule has 1 N–H and O–H groups in total. The lowest BCUT2D eigenvalue weighted by atomic mass is 10.2. The van der Waals surface area contributed by atoms with E-state index in [1.165, 1.54) is 30.3 Å². The molecule has 24 heavy (non-hydrogen) atoms. The first-order valence-electron chi connectivity index (χ1n) is 8.87. The van der Waals surface area contributed by atoms with E-state index in [2.05, 4.69) is 35.5 Å². The van der Waals surface area contributed by atoms with E-state index in [9.17, 15) is 4.79 Å². The van der Waals surface area contributed by atoms with Gasteiger partial charge in [0.1, 0.15) is 6.54 Å². The summed E-state index contributed by atoms with van der Waals surface area (Å²) in [4.78, 5) is 14.8. The van der Waals surface area contributed by atoms with Gasteiger partial charge in [-0.15, -0.1) is 0 Å². The van der Waals surface area contributed by atoms with Crippen LogP contribution in [0.5, 0.6) is 0 Å². The van der Waals surface area contributed by atoms with Crippen LogP contribution >= 0.6 is 0 Å². The number of nitrogens with one attached hydrogen (secondary N) is 1. The van der Waals surface area contributed by atoms with Gasteiger partial charge in [0, 0.05) is 36.2 Å². The molecular weight excluding hydrogens is 302 g/mol. The SMILES string of the molecule is Cc1cn(CC(=O)NC[C@H]2CN3CCC[C@@H]3CO2)c2ccccc12.